The lowest BCUT2D eigenvalue weighted by molar-refractivity contribution is -0.184. The lowest BCUT2D eigenvalue weighted by atomic mass is 9.39. The van der Waals surface area contributed by atoms with Gasteiger partial charge in [-0.2, -0.15) is 0 Å². The van der Waals surface area contributed by atoms with Gasteiger partial charge in [0.15, 0.2) is 6.61 Å². The van der Waals surface area contributed by atoms with E-state index >= 15 is 0 Å². The molecule has 0 atom stereocenters. The molecular weight excluding hydrogens is 389 g/mol. The molecule has 5 rings (SSSR count). The average molecular weight is 408 g/mol. The Labute approximate surface area is 165 Å². The minimum atomic E-state index is -0.605. The summed E-state index contributed by atoms with van der Waals surface area (Å²) in [5.74, 6) is 0.432. The molecule has 1 heterocycles. The summed E-state index contributed by atoms with van der Waals surface area (Å²) in [6, 6.07) is 3.99. The van der Waals surface area contributed by atoms with Crippen LogP contribution in [0.25, 0.3) is 0 Å². The van der Waals surface area contributed by atoms with Crippen LogP contribution in [0.15, 0.2) is 28.8 Å². The Hall–Kier alpha value is -2.61. The van der Waals surface area contributed by atoms with Gasteiger partial charge in [0.1, 0.15) is 17.3 Å². The van der Waals surface area contributed by atoms with Crippen molar-refractivity contribution in [3.63, 3.8) is 0 Å². The molecule has 7 nitrogen and oxygen atoms in total. The van der Waals surface area contributed by atoms with Crippen LogP contribution in [0.4, 0.5) is 4.39 Å². The Morgan fingerprint density at radius 2 is 2.11 bits per heavy atom. The first kappa shape index (κ1) is 18.7. The lowest BCUT2D eigenvalue weighted by Crippen LogP contribution is -2.78. The largest absolute Gasteiger partial charge is 0.484 e. The molecule has 3 aliphatic carbocycles. The fraction of sp³-hybridized carbons (Fsp3) is 0.421. The topological polar surface area (TPSA) is 93.5 Å². The number of aryl methyl sites for hydroxylation is 1. The van der Waals surface area contributed by atoms with E-state index in [1.54, 1.807) is 13.1 Å². The quantitative estimate of drug-likeness (QED) is 0.735. The monoisotopic (exact) mass is 407 g/mol. The van der Waals surface area contributed by atoms with Crippen molar-refractivity contribution >= 4 is 23.4 Å². The Balaban J connectivity index is 1.21. The van der Waals surface area contributed by atoms with Gasteiger partial charge in [0, 0.05) is 11.6 Å². The molecule has 0 aliphatic heterocycles. The molecule has 1 aromatic carbocycles. The van der Waals surface area contributed by atoms with Crippen LogP contribution in [-0.2, 0) is 16.1 Å². The first-order chi connectivity index (χ1) is 13.3. The number of amides is 2. The highest BCUT2D eigenvalue weighted by Crippen LogP contribution is 2.67. The van der Waals surface area contributed by atoms with Crippen LogP contribution in [0.3, 0.4) is 0 Å². The number of oxazole rings is 1. The number of benzene rings is 1. The van der Waals surface area contributed by atoms with Crippen LogP contribution in [0, 0.1) is 18.2 Å². The number of carbonyl (C=O) groups is 2. The van der Waals surface area contributed by atoms with Crippen LogP contribution in [0.1, 0.15) is 30.9 Å². The van der Waals surface area contributed by atoms with E-state index in [2.05, 4.69) is 15.6 Å². The predicted octanol–water partition coefficient (Wildman–Crippen LogP) is 2.51. The van der Waals surface area contributed by atoms with Gasteiger partial charge in [-0.15, -0.1) is 0 Å². The summed E-state index contributed by atoms with van der Waals surface area (Å²) in [7, 11) is 0. The Morgan fingerprint density at radius 3 is 2.75 bits per heavy atom. The minimum absolute atomic E-state index is 0.00722. The molecule has 1 aromatic heterocycles. The third-order valence-corrected chi connectivity index (χ3v) is 5.55. The Kier molecular flexibility index (Phi) is 4.53. The highest BCUT2D eigenvalue weighted by atomic mass is 35.5. The summed E-state index contributed by atoms with van der Waals surface area (Å²) in [6.07, 6.45) is 3.39. The van der Waals surface area contributed by atoms with Crippen molar-refractivity contribution < 1.29 is 23.1 Å². The number of hydrogen-bond donors (Lipinski definition) is 2. The summed E-state index contributed by atoms with van der Waals surface area (Å²) >= 11 is 5.61. The molecule has 2 amide bonds. The number of ether oxygens (including phenoxy) is 1. The summed E-state index contributed by atoms with van der Waals surface area (Å²) in [5, 5.41) is 5.75. The number of aromatic nitrogens is 1. The van der Waals surface area contributed by atoms with Crippen molar-refractivity contribution in [2.75, 3.05) is 6.61 Å². The van der Waals surface area contributed by atoms with Crippen LogP contribution in [-0.4, -0.2) is 28.9 Å². The molecule has 28 heavy (non-hydrogen) atoms. The molecule has 0 saturated heterocycles. The van der Waals surface area contributed by atoms with E-state index in [-0.39, 0.29) is 41.3 Å². The van der Waals surface area contributed by atoms with E-state index < -0.39 is 11.2 Å². The van der Waals surface area contributed by atoms with Gasteiger partial charge in [-0.3, -0.25) is 9.59 Å². The summed E-state index contributed by atoms with van der Waals surface area (Å²) < 4.78 is 24.0. The fourth-order valence-corrected chi connectivity index (χ4v) is 4.15. The molecule has 2 bridgehead atoms. The highest BCUT2D eigenvalue weighted by molar-refractivity contribution is 6.30. The maximum absolute atomic E-state index is 13.4. The van der Waals surface area contributed by atoms with E-state index in [9.17, 15) is 14.0 Å². The summed E-state index contributed by atoms with van der Waals surface area (Å²) in [4.78, 5) is 28.6. The van der Waals surface area contributed by atoms with Gasteiger partial charge < -0.3 is 19.8 Å². The SMILES string of the molecule is Cc1cnc(CNC(=O)C23CC(NC(=O)COc4ccc(Cl)c(F)c4)(C2)C3)o1. The summed E-state index contributed by atoms with van der Waals surface area (Å²) in [5.41, 5.74) is -0.766. The number of rotatable bonds is 7. The highest BCUT2D eigenvalue weighted by Gasteiger charge is 2.72. The normalized spacial score (nSPS) is 24.7. The fourth-order valence-electron chi connectivity index (χ4n) is 4.04. The molecule has 3 aliphatic rings. The van der Waals surface area contributed by atoms with Crippen LogP contribution < -0.4 is 15.4 Å². The third-order valence-electron chi connectivity index (χ3n) is 5.25. The molecule has 148 valence electrons. The molecule has 2 aromatic rings. The van der Waals surface area contributed by atoms with Crippen LogP contribution in [0.5, 0.6) is 5.75 Å². The Morgan fingerprint density at radius 1 is 1.36 bits per heavy atom. The molecular formula is C19H19ClFN3O4. The van der Waals surface area contributed by atoms with E-state index in [4.69, 9.17) is 20.8 Å². The first-order valence-corrected chi connectivity index (χ1v) is 9.26. The lowest BCUT2D eigenvalue weighted by Gasteiger charge is -2.69. The second kappa shape index (κ2) is 6.77. The zero-order chi connectivity index (χ0) is 19.9. The minimum Gasteiger partial charge on any atom is -0.484 e. The van der Waals surface area contributed by atoms with Crippen molar-refractivity contribution in [2.45, 2.75) is 38.3 Å². The third kappa shape index (κ3) is 3.44. The van der Waals surface area contributed by atoms with E-state index in [1.165, 1.54) is 12.1 Å². The van der Waals surface area contributed by atoms with Gasteiger partial charge >= 0.3 is 0 Å². The molecule has 0 radical (unpaired) electrons. The van der Waals surface area contributed by atoms with Crippen molar-refractivity contribution in [3.8, 4) is 5.75 Å². The van der Waals surface area contributed by atoms with E-state index in [0.29, 0.717) is 30.9 Å². The zero-order valence-electron chi connectivity index (χ0n) is 15.2. The van der Waals surface area contributed by atoms with Crippen molar-refractivity contribution in [1.82, 2.24) is 15.6 Å². The van der Waals surface area contributed by atoms with E-state index in [0.717, 1.165) is 6.07 Å². The maximum Gasteiger partial charge on any atom is 0.258 e. The molecule has 0 spiro atoms. The second-order valence-electron chi connectivity index (χ2n) is 7.55. The van der Waals surface area contributed by atoms with Crippen molar-refractivity contribution in [3.05, 3.63) is 46.9 Å². The average Bonchev–Trinajstić information content (AvgIpc) is 3.01. The zero-order valence-corrected chi connectivity index (χ0v) is 15.9. The van der Waals surface area contributed by atoms with Crippen LogP contribution >= 0.6 is 11.6 Å². The van der Waals surface area contributed by atoms with Gasteiger partial charge in [-0.25, -0.2) is 9.37 Å². The summed E-state index contributed by atoms with van der Waals surface area (Å²) in [6.45, 7) is 1.81. The smallest absolute Gasteiger partial charge is 0.258 e. The number of hydrogen-bond acceptors (Lipinski definition) is 5. The second-order valence-corrected chi connectivity index (χ2v) is 7.96. The van der Waals surface area contributed by atoms with Gasteiger partial charge in [-0.05, 0) is 38.3 Å². The van der Waals surface area contributed by atoms with Crippen molar-refractivity contribution in [1.29, 1.82) is 0 Å². The molecule has 3 saturated carbocycles. The van der Waals surface area contributed by atoms with Gasteiger partial charge in [-0.1, -0.05) is 11.6 Å². The van der Waals surface area contributed by atoms with Gasteiger partial charge in [0.2, 0.25) is 11.8 Å². The number of carbonyl (C=O) groups excluding carboxylic acids is 2. The molecule has 9 heteroatoms. The van der Waals surface area contributed by atoms with E-state index in [1.807, 2.05) is 0 Å². The molecule has 2 N–H and O–H groups in total. The molecule has 3 fully saturated rings. The predicted molar refractivity (Wildman–Crippen MR) is 97.1 cm³/mol. The number of halogens is 2. The molecule has 0 unspecified atom stereocenters. The van der Waals surface area contributed by atoms with Crippen LogP contribution in [0.2, 0.25) is 5.02 Å². The first-order valence-electron chi connectivity index (χ1n) is 8.88. The number of nitrogens with one attached hydrogen (secondary N) is 2. The Bertz CT molecular complexity index is 925. The standard InChI is InChI=1S/C19H19ClFN3O4/c1-11-5-22-16(28-11)6-23-17(26)18-8-19(9-18,10-18)24-15(25)7-27-12-2-3-13(20)14(21)4-12/h2-5H,6-10H2,1H3,(H,23,26)(H,24,25). The van der Waals surface area contributed by atoms with Gasteiger partial charge in [0.25, 0.3) is 5.91 Å². The number of nitrogens with zero attached hydrogens (tertiary/aromatic N) is 1. The van der Waals surface area contributed by atoms with Gasteiger partial charge in [0.05, 0.1) is 23.2 Å². The maximum atomic E-state index is 13.4. The van der Waals surface area contributed by atoms with Crippen molar-refractivity contribution in [2.24, 2.45) is 5.41 Å².